The minimum Gasteiger partial charge on any atom is -0.496 e. The van der Waals surface area contributed by atoms with Gasteiger partial charge in [-0.1, -0.05) is 29.8 Å². The molecular weight excluding hydrogens is 336 g/mol. The molecule has 0 atom stereocenters. The van der Waals surface area contributed by atoms with Crippen LogP contribution in [0.1, 0.15) is 30.6 Å². The molecule has 1 aromatic rings. The summed E-state index contributed by atoms with van der Waals surface area (Å²) in [5.41, 5.74) is 0.447. The third-order valence-corrected chi connectivity index (χ3v) is 3.25. The Morgan fingerprint density at radius 2 is 2.00 bits per heavy atom. The van der Waals surface area contributed by atoms with E-state index < -0.39 is 0 Å². The van der Waals surface area contributed by atoms with Crippen LogP contribution in [0.3, 0.4) is 0 Å². The smallest absolute Gasteiger partial charge is 0.255 e. The molecule has 6 heteroatoms. The zero-order valence-corrected chi connectivity index (χ0v) is 14.1. The fourth-order valence-corrected chi connectivity index (χ4v) is 1.98. The molecule has 21 heavy (non-hydrogen) atoms. The molecule has 0 radical (unpaired) electrons. The number of hydrogen-bond donors (Lipinski definition) is 2. The van der Waals surface area contributed by atoms with Crippen molar-refractivity contribution in [2.45, 2.75) is 20.3 Å². The summed E-state index contributed by atoms with van der Waals surface area (Å²) in [5.74, 6) is 0.587. The van der Waals surface area contributed by atoms with Gasteiger partial charge in [0.1, 0.15) is 5.75 Å². The summed E-state index contributed by atoms with van der Waals surface area (Å²) >= 11 is 3.32. The Bertz CT molecular complexity index is 504. The number of ether oxygens (including phenoxy) is 1. The molecule has 0 aliphatic carbocycles. The predicted octanol–water partition coefficient (Wildman–Crippen LogP) is 2.35. The average Bonchev–Trinajstić information content (AvgIpc) is 2.44. The lowest BCUT2D eigenvalue weighted by Crippen LogP contribution is -2.32. The topological polar surface area (TPSA) is 67.4 Å². The molecule has 0 aromatic heterocycles. The first-order valence-corrected chi connectivity index (χ1v) is 7.61. The second-order valence-electron chi connectivity index (χ2n) is 5.05. The minimum atomic E-state index is -0.254. The molecule has 116 valence electrons. The summed E-state index contributed by atoms with van der Waals surface area (Å²) < 4.78 is 6.01. The van der Waals surface area contributed by atoms with Crippen LogP contribution in [0, 0.1) is 5.92 Å². The molecule has 0 bridgehead atoms. The summed E-state index contributed by atoms with van der Waals surface area (Å²) in [4.78, 5) is 23.6. The van der Waals surface area contributed by atoms with Crippen LogP contribution in [0.5, 0.6) is 5.75 Å². The van der Waals surface area contributed by atoms with Crippen LogP contribution in [0.25, 0.3) is 0 Å². The fraction of sp³-hybridized carbons (Fsp3) is 0.467. The van der Waals surface area contributed by atoms with Gasteiger partial charge in [0.2, 0.25) is 5.91 Å². The second kappa shape index (κ2) is 8.67. The van der Waals surface area contributed by atoms with Crippen LogP contribution in [-0.4, -0.2) is 32.0 Å². The standard InChI is InChI=1S/C15H21BrN2O3/c1-10(2)9-18-14(19)6-7-17-15(20)12-5-4-11(16)8-13(12)21-3/h4-5,8,10H,6-7,9H2,1-3H3,(H,17,20)(H,18,19). The third-order valence-electron chi connectivity index (χ3n) is 2.75. The molecule has 2 amide bonds. The Kier molecular flexibility index (Phi) is 7.22. The van der Waals surface area contributed by atoms with Crippen molar-refractivity contribution < 1.29 is 14.3 Å². The van der Waals surface area contributed by atoms with E-state index in [9.17, 15) is 9.59 Å². The first-order chi connectivity index (χ1) is 9.93. The molecule has 5 nitrogen and oxygen atoms in total. The number of benzene rings is 1. The SMILES string of the molecule is COc1cc(Br)ccc1C(=O)NCCC(=O)NCC(C)C. The zero-order chi connectivity index (χ0) is 15.8. The predicted molar refractivity (Wildman–Crippen MR) is 85.5 cm³/mol. The summed E-state index contributed by atoms with van der Waals surface area (Å²) in [7, 11) is 1.51. The number of rotatable bonds is 7. The third kappa shape index (κ3) is 6.16. The highest BCUT2D eigenvalue weighted by molar-refractivity contribution is 9.10. The van der Waals surface area contributed by atoms with Crippen molar-refractivity contribution >= 4 is 27.7 Å². The summed E-state index contributed by atoms with van der Waals surface area (Å²) in [6.45, 7) is 5.00. The van der Waals surface area contributed by atoms with Gasteiger partial charge in [-0.15, -0.1) is 0 Å². The quantitative estimate of drug-likeness (QED) is 0.787. The minimum absolute atomic E-state index is 0.0632. The Balaban J connectivity index is 2.46. The van der Waals surface area contributed by atoms with Crippen LogP contribution in [0.4, 0.5) is 0 Å². The number of amides is 2. The lowest BCUT2D eigenvalue weighted by Gasteiger charge is -2.10. The molecule has 1 rings (SSSR count). The van der Waals surface area contributed by atoms with Crippen molar-refractivity contribution in [1.82, 2.24) is 10.6 Å². The van der Waals surface area contributed by atoms with Crippen LogP contribution in [0.2, 0.25) is 0 Å². The van der Waals surface area contributed by atoms with E-state index in [1.54, 1.807) is 18.2 Å². The maximum absolute atomic E-state index is 12.0. The summed E-state index contributed by atoms with van der Waals surface area (Å²) in [5, 5.41) is 5.52. The van der Waals surface area contributed by atoms with Crippen LogP contribution >= 0.6 is 15.9 Å². The maximum Gasteiger partial charge on any atom is 0.255 e. The van der Waals surface area contributed by atoms with Crippen molar-refractivity contribution in [3.8, 4) is 5.75 Å². The van der Waals surface area contributed by atoms with Crippen molar-refractivity contribution in [2.24, 2.45) is 5.92 Å². The van der Waals surface area contributed by atoms with E-state index >= 15 is 0 Å². The monoisotopic (exact) mass is 356 g/mol. The molecule has 0 saturated heterocycles. The number of halogens is 1. The highest BCUT2D eigenvalue weighted by Gasteiger charge is 2.12. The van der Waals surface area contributed by atoms with Gasteiger partial charge < -0.3 is 15.4 Å². The average molecular weight is 357 g/mol. The molecule has 1 aromatic carbocycles. The van der Waals surface area contributed by atoms with Crippen LogP contribution in [0.15, 0.2) is 22.7 Å². The van der Waals surface area contributed by atoms with Gasteiger partial charge in [-0.25, -0.2) is 0 Å². The van der Waals surface area contributed by atoms with Gasteiger partial charge in [-0.3, -0.25) is 9.59 Å². The molecular formula is C15H21BrN2O3. The Hall–Kier alpha value is -1.56. The summed E-state index contributed by atoms with van der Waals surface area (Å²) in [6, 6.07) is 5.17. The molecule has 0 aliphatic heterocycles. The number of carbonyl (C=O) groups is 2. The highest BCUT2D eigenvalue weighted by Crippen LogP contribution is 2.23. The van der Waals surface area contributed by atoms with Crippen LogP contribution < -0.4 is 15.4 Å². The molecule has 0 fully saturated rings. The largest absolute Gasteiger partial charge is 0.496 e. The lowest BCUT2D eigenvalue weighted by molar-refractivity contribution is -0.121. The Morgan fingerprint density at radius 3 is 2.62 bits per heavy atom. The number of methoxy groups -OCH3 is 1. The normalized spacial score (nSPS) is 10.3. The first kappa shape index (κ1) is 17.5. The van der Waals surface area contributed by atoms with E-state index in [-0.39, 0.29) is 18.2 Å². The molecule has 0 unspecified atom stereocenters. The van der Waals surface area contributed by atoms with Gasteiger partial charge in [-0.2, -0.15) is 0 Å². The summed E-state index contributed by atoms with van der Waals surface area (Å²) in [6.07, 6.45) is 0.261. The Labute approximate surface area is 133 Å². The van der Waals surface area contributed by atoms with Gasteiger partial charge in [-0.05, 0) is 24.1 Å². The number of hydrogen-bond acceptors (Lipinski definition) is 3. The number of carbonyl (C=O) groups excluding carboxylic acids is 2. The van der Waals surface area contributed by atoms with Crippen molar-refractivity contribution in [3.63, 3.8) is 0 Å². The van der Waals surface area contributed by atoms with E-state index in [0.29, 0.717) is 30.3 Å². The van der Waals surface area contributed by atoms with E-state index in [2.05, 4.69) is 26.6 Å². The van der Waals surface area contributed by atoms with E-state index in [1.807, 2.05) is 13.8 Å². The van der Waals surface area contributed by atoms with Gasteiger partial charge in [0.15, 0.2) is 0 Å². The first-order valence-electron chi connectivity index (χ1n) is 6.82. The molecule has 0 saturated carbocycles. The Morgan fingerprint density at radius 1 is 1.29 bits per heavy atom. The van der Waals surface area contributed by atoms with Gasteiger partial charge >= 0.3 is 0 Å². The van der Waals surface area contributed by atoms with Crippen LogP contribution in [-0.2, 0) is 4.79 Å². The molecule has 0 aliphatic rings. The van der Waals surface area contributed by atoms with Crippen molar-refractivity contribution in [1.29, 1.82) is 0 Å². The van der Waals surface area contributed by atoms with E-state index in [4.69, 9.17) is 4.74 Å². The van der Waals surface area contributed by atoms with Gasteiger partial charge in [0.25, 0.3) is 5.91 Å². The molecule has 2 N–H and O–H groups in total. The maximum atomic E-state index is 12.0. The highest BCUT2D eigenvalue weighted by atomic mass is 79.9. The van der Waals surface area contributed by atoms with Gasteiger partial charge in [0.05, 0.1) is 12.7 Å². The van der Waals surface area contributed by atoms with Crippen molar-refractivity contribution in [2.75, 3.05) is 20.2 Å². The second-order valence-corrected chi connectivity index (χ2v) is 5.96. The van der Waals surface area contributed by atoms with E-state index in [0.717, 1.165) is 4.47 Å². The van der Waals surface area contributed by atoms with Crippen molar-refractivity contribution in [3.05, 3.63) is 28.2 Å². The molecule has 0 heterocycles. The fourth-order valence-electron chi connectivity index (χ4n) is 1.64. The zero-order valence-electron chi connectivity index (χ0n) is 12.5. The molecule has 0 spiro atoms. The number of nitrogens with one attached hydrogen (secondary N) is 2. The lowest BCUT2D eigenvalue weighted by atomic mass is 10.2. The van der Waals surface area contributed by atoms with E-state index in [1.165, 1.54) is 7.11 Å². The van der Waals surface area contributed by atoms with Gasteiger partial charge in [0, 0.05) is 24.0 Å².